The van der Waals surface area contributed by atoms with Crippen LogP contribution in [-0.2, 0) is 0 Å². The minimum absolute atomic E-state index is 0.0838. The fraction of sp³-hybridized carbons (Fsp3) is 0.190. The molecule has 0 unspecified atom stereocenters. The van der Waals surface area contributed by atoms with Crippen molar-refractivity contribution in [1.82, 2.24) is 15.3 Å². The van der Waals surface area contributed by atoms with Gasteiger partial charge in [0.1, 0.15) is 17.0 Å². The number of rotatable bonds is 5. The fourth-order valence-corrected chi connectivity index (χ4v) is 3.43. The highest BCUT2D eigenvalue weighted by Crippen LogP contribution is 2.22. The number of nitrogens with zero attached hydrogens (tertiary/aromatic N) is 2. The Morgan fingerprint density at radius 2 is 1.97 bits per heavy atom. The molecule has 4 rings (SSSR count). The van der Waals surface area contributed by atoms with E-state index in [2.05, 4.69) is 20.6 Å². The number of nitrogens with one attached hydrogen (secondary N) is 4. The van der Waals surface area contributed by atoms with Crippen LogP contribution in [0.5, 0.6) is 5.88 Å². The molecular formula is C21H20N6O2S. The Bertz CT molecular complexity index is 1150. The fourth-order valence-electron chi connectivity index (χ4n) is 2.88. The number of carbonyl (C=O) groups is 1. The van der Waals surface area contributed by atoms with Gasteiger partial charge in [0.2, 0.25) is 5.88 Å². The maximum atomic E-state index is 12.7. The van der Waals surface area contributed by atoms with Gasteiger partial charge in [-0.15, -0.1) is 0 Å². The predicted molar refractivity (Wildman–Crippen MR) is 119 cm³/mol. The van der Waals surface area contributed by atoms with E-state index in [1.807, 2.05) is 18.2 Å². The molecule has 152 valence electrons. The first-order valence-electron chi connectivity index (χ1n) is 9.34. The van der Waals surface area contributed by atoms with E-state index < -0.39 is 0 Å². The molecule has 1 amide bonds. The molecule has 1 aromatic carbocycles. The number of carbonyl (C=O) groups excluding carboxylic acids is 1. The van der Waals surface area contributed by atoms with Gasteiger partial charge in [0.25, 0.3) is 5.91 Å². The number of benzene rings is 1. The number of aromatic nitrogens is 2. The maximum Gasteiger partial charge on any atom is 0.257 e. The van der Waals surface area contributed by atoms with Crippen LogP contribution >= 0.6 is 11.8 Å². The molecule has 1 saturated heterocycles. The predicted octanol–water partition coefficient (Wildman–Crippen LogP) is 3.29. The summed E-state index contributed by atoms with van der Waals surface area (Å²) in [7, 11) is 0. The normalized spacial score (nSPS) is 13.5. The molecule has 3 heterocycles. The summed E-state index contributed by atoms with van der Waals surface area (Å²) >= 11 is 1.10. The van der Waals surface area contributed by atoms with Crippen LogP contribution in [0.15, 0.2) is 48.8 Å². The van der Waals surface area contributed by atoms with Crippen molar-refractivity contribution in [1.29, 1.82) is 10.8 Å². The summed E-state index contributed by atoms with van der Waals surface area (Å²) in [6.07, 6.45) is 3.31. The van der Waals surface area contributed by atoms with Crippen molar-refractivity contribution in [2.24, 2.45) is 0 Å². The van der Waals surface area contributed by atoms with E-state index in [9.17, 15) is 4.79 Å². The molecule has 0 bridgehead atoms. The third kappa shape index (κ3) is 4.64. The number of amides is 1. The zero-order valence-corrected chi connectivity index (χ0v) is 17.0. The molecule has 1 aliphatic heterocycles. The van der Waals surface area contributed by atoms with Gasteiger partial charge in [-0.3, -0.25) is 15.6 Å². The Kier molecular flexibility index (Phi) is 5.73. The summed E-state index contributed by atoms with van der Waals surface area (Å²) < 4.78 is 5.71. The van der Waals surface area contributed by atoms with E-state index in [0.717, 1.165) is 35.6 Å². The van der Waals surface area contributed by atoms with Crippen molar-refractivity contribution in [3.63, 3.8) is 0 Å². The number of hydrogen-bond donors (Lipinski definition) is 4. The molecule has 8 nitrogen and oxygen atoms in total. The Balaban J connectivity index is 1.51. The molecule has 0 aliphatic carbocycles. The number of ether oxygens (including phenoxy) is 1. The largest absolute Gasteiger partial charge is 0.472 e. The summed E-state index contributed by atoms with van der Waals surface area (Å²) in [6, 6.07) is 10.6. The second-order valence-corrected chi connectivity index (χ2v) is 8.08. The van der Waals surface area contributed by atoms with Crippen LogP contribution in [0.4, 0.5) is 5.82 Å². The van der Waals surface area contributed by atoms with Crippen molar-refractivity contribution in [2.75, 3.05) is 18.4 Å². The summed E-state index contributed by atoms with van der Waals surface area (Å²) in [5, 5.41) is 24.0. The molecule has 1 aliphatic rings. The molecule has 2 aromatic heterocycles. The second kappa shape index (κ2) is 8.60. The molecule has 0 radical (unpaired) electrons. The molecule has 0 spiro atoms. The van der Waals surface area contributed by atoms with Gasteiger partial charge in [0.15, 0.2) is 0 Å². The van der Waals surface area contributed by atoms with Gasteiger partial charge in [0.05, 0.1) is 5.04 Å². The van der Waals surface area contributed by atoms with Crippen molar-refractivity contribution in [2.45, 2.75) is 13.0 Å². The van der Waals surface area contributed by atoms with Crippen LogP contribution in [0, 0.1) is 10.8 Å². The zero-order valence-electron chi connectivity index (χ0n) is 16.2. The molecular weight excluding hydrogens is 400 g/mol. The number of pyridine rings is 2. The van der Waals surface area contributed by atoms with Crippen LogP contribution in [0.2, 0.25) is 0 Å². The highest BCUT2D eigenvalue weighted by atomic mass is 32.2. The van der Waals surface area contributed by atoms with Gasteiger partial charge >= 0.3 is 0 Å². The van der Waals surface area contributed by atoms with E-state index in [4.69, 9.17) is 15.6 Å². The summed E-state index contributed by atoms with van der Waals surface area (Å²) in [4.78, 5) is 21.1. The average Bonchev–Trinajstić information content (AvgIpc) is 2.70. The smallest absolute Gasteiger partial charge is 0.257 e. The summed E-state index contributed by atoms with van der Waals surface area (Å²) in [6.45, 7) is 3.20. The molecule has 4 N–H and O–H groups in total. The van der Waals surface area contributed by atoms with E-state index in [0.29, 0.717) is 32.9 Å². The zero-order chi connectivity index (χ0) is 21.1. The minimum atomic E-state index is -0.306. The highest BCUT2D eigenvalue weighted by molar-refractivity contribution is 8.26. The number of fused-ring (bicyclic) bond motifs is 1. The van der Waals surface area contributed by atoms with Crippen LogP contribution < -0.4 is 15.4 Å². The molecule has 1 fully saturated rings. The Labute approximate surface area is 177 Å². The standard InChI is InChI=1S/C21H20N6O2S/c1-12(22)30-20(23)13-2-3-15-9-26-18(7-16(15)6-13)27-21(28)14-4-5-25-19(8-14)29-17-10-24-11-17/h2-9,17,22-24H,10-11H2,1H3,(H,26,27,28). The number of thioether (sulfide) groups is 1. The minimum Gasteiger partial charge on any atom is -0.472 e. The van der Waals surface area contributed by atoms with Crippen molar-refractivity contribution in [3.8, 4) is 5.88 Å². The number of hydrogen-bond acceptors (Lipinski definition) is 8. The van der Waals surface area contributed by atoms with Crippen molar-refractivity contribution >= 4 is 44.3 Å². The Hall–Kier alpha value is -3.30. The monoisotopic (exact) mass is 420 g/mol. The van der Waals surface area contributed by atoms with Crippen LogP contribution in [0.1, 0.15) is 22.8 Å². The third-order valence-corrected chi connectivity index (χ3v) is 5.26. The first kappa shape index (κ1) is 20.0. The van der Waals surface area contributed by atoms with Gasteiger partial charge < -0.3 is 15.4 Å². The molecule has 0 atom stereocenters. The van der Waals surface area contributed by atoms with Gasteiger partial charge in [0, 0.05) is 48.1 Å². The first-order chi connectivity index (χ1) is 14.5. The molecule has 3 aromatic rings. The van der Waals surface area contributed by atoms with Crippen molar-refractivity contribution < 1.29 is 9.53 Å². The van der Waals surface area contributed by atoms with Crippen molar-refractivity contribution in [3.05, 3.63) is 59.9 Å². The lowest BCUT2D eigenvalue weighted by Crippen LogP contribution is -2.50. The van der Waals surface area contributed by atoms with Crippen LogP contribution in [0.3, 0.4) is 0 Å². The molecule has 9 heteroatoms. The lowest BCUT2D eigenvalue weighted by Gasteiger charge is -2.27. The molecule has 30 heavy (non-hydrogen) atoms. The average molecular weight is 420 g/mol. The van der Waals surface area contributed by atoms with Gasteiger partial charge in [-0.05, 0) is 30.5 Å². The summed E-state index contributed by atoms with van der Waals surface area (Å²) in [5.74, 6) is 0.525. The van der Waals surface area contributed by atoms with Crippen LogP contribution in [0.25, 0.3) is 10.8 Å². The number of anilines is 1. The Morgan fingerprint density at radius 1 is 1.13 bits per heavy atom. The van der Waals surface area contributed by atoms with Gasteiger partial charge in [-0.2, -0.15) is 0 Å². The lowest BCUT2D eigenvalue weighted by atomic mass is 10.1. The lowest BCUT2D eigenvalue weighted by molar-refractivity contribution is 0.102. The molecule has 0 saturated carbocycles. The van der Waals surface area contributed by atoms with Crippen LogP contribution in [-0.4, -0.2) is 45.2 Å². The van der Waals surface area contributed by atoms with E-state index in [-0.39, 0.29) is 12.0 Å². The quantitative estimate of drug-likeness (QED) is 0.371. The van der Waals surface area contributed by atoms with Gasteiger partial charge in [-0.1, -0.05) is 23.9 Å². The maximum absolute atomic E-state index is 12.7. The van der Waals surface area contributed by atoms with E-state index in [1.165, 1.54) is 0 Å². The topological polar surface area (TPSA) is 124 Å². The second-order valence-electron chi connectivity index (χ2n) is 6.85. The first-order valence-corrected chi connectivity index (χ1v) is 10.2. The van der Waals surface area contributed by atoms with E-state index >= 15 is 0 Å². The van der Waals surface area contributed by atoms with E-state index in [1.54, 1.807) is 37.5 Å². The highest BCUT2D eigenvalue weighted by Gasteiger charge is 2.19. The third-order valence-electron chi connectivity index (χ3n) is 4.51. The SMILES string of the molecule is CC(=N)SC(=N)c1ccc2cnc(NC(=O)c3ccnc(OC4CNC4)c3)cc2c1. The Morgan fingerprint density at radius 3 is 2.70 bits per heavy atom. The summed E-state index contributed by atoms with van der Waals surface area (Å²) in [5.41, 5.74) is 1.14. The van der Waals surface area contributed by atoms with Gasteiger partial charge in [-0.25, -0.2) is 9.97 Å².